The summed E-state index contributed by atoms with van der Waals surface area (Å²) in [4.78, 5) is 0. The third kappa shape index (κ3) is 6.49. The molecule has 0 saturated heterocycles. The molecule has 1 rings (SSSR count). The number of halogens is 3. The van der Waals surface area contributed by atoms with E-state index < -0.39 is 0 Å². The van der Waals surface area contributed by atoms with E-state index in [0.29, 0.717) is 18.6 Å². The predicted molar refractivity (Wildman–Crippen MR) is 58.7 cm³/mol. The molecule has 0 unspecified atom stereocenters. The molecule has 0 amide bonds. The second kappa shape index (κ2) is 9.00. The first-order chi connectivity index (χ1) is 5.33. The summed E-state index contributed by atoms with van der Waals surface area (Å²) < 4.78 is 11.8. The first kappa shape index (κ1) is 15.9. The molecule has 1 aliphatic carbocycles. The van der Waals surface area contributed by atoms with Gasteiger partial charge in [-0.15, -0.1) is 24.8 Å². The molecule has 13 heavy (non-hydrogen) atoms. The number of alkyl halides is 1. The molecule has 0 aromatic rings. The molecule has 3 N–H and O–H groups in total. The summed E-state index contributed by atoms with van der Waals surface area (Å²) >= 11 is 0. The number of rotatable bonds is 3. The summed E-state index contributed by atoms with van der Waals surface area (Å²) in [6, 6.07) is 0.801. The molecule has 1 fully saturated rings. The van der Waals surface area contributed by atoms with E-state index in [9.17, 15) is 4.39 Å². The van der Waals surface area contributed by atoms with E-state index in [0.717, 1.165) is 19.3 Å². The molecule has 0 aromatic heterocycles. The maximum atomic E-state index is 11.8. The van der Waals surface area contributed by atoms with E-state index in [1.165, 1.54) is 6.42 Å². The smallest absolute Gasteiger partial charge is 0.102 e. The van der Waals surface area contributed by atoms with Crippen molar-refractivity contribution in [2.75, 3.05) is 13.2 Å². The van der Waals surface area contributed by atoms with Gasteiger partial charge in [0.2, 0.25) is 0 Å². The van der Waals surface area contributed by atoms with Crippen LogP contribution in [0.15, 0.2) is 0 Å². The SMILES string of the molecule is Cl.Cl.N[C@@H]1CCC[C@H](NCCF)C1. The van der Waals surface area contributed by atoms with Crippen LogP contribution in [0.4, 0.5) is 4.39 Å². The van der Waals surface area contributed by atoms with E-state index in [2.05, 4.69) is 5.32 Å². The van der Waals surface area contributed by atoms with Crippen LogP contribution in [0.1, 0.15) is 25.7 Å². The number of nitrogens with one attached hydrogen (secondary N) is 1. The van der Waals surface area contributed by atoms with Crippen LogP contribution in [0.5, 0.6) is 0 Å². The van der Waals surface area contributed by atoms with Crippen molar-refractivity contribution in [2.45, 2.75) is 37.8 Å². The fraction of sp³-hybridized carbons (Fsp3) is 1.00. The highest BCUT2D eigenvalue weighted by Gasteiger charge is 2.17. The van der Waals surface area contributed by atoms with Crippen molar-refractivity contribution in [2.24, 2.45) is 5.73 Å². The standard InChI is InChI=1S/C8H17FN2.2ClH/c9-4-5-11-8-3-1-2-7(10)6-8;;/h7-8,11H,1-6,10H2;2*1H/t7-,8+;;/m1../s1. The average molecular weight is 233 g/mol. The lowest BCUT2D eigenvalue weighted by Crippen LogP contribution is -2.40. The summed E-state index contributed by atoms with van der Waals surface area (Å²) in [5.74, 6) is 0. The van der Waals surface area contributed by atoms with Gasteiger partial charge in [0, 0.05) is 18.6 Å². The minimum atomic E-state index is -0.272. The summed E-state index contributed by atoms with van der Waals surface area (Å²) in [7, 11) is 0. The molecular weight excluding hydrogens is 214 g/mol. The molecule has 0 radical (unpaired) electrons. The van der Waals surface area contributed by atoms with Gasteiger partial charge in [-0.2, -0.15) is 0 Å². The van der Waals surface area contributed by atoms with Crippen molar-refractivity contribution in [3.63, 3.8) is 0 Å². The topological polar surface area (TPSA) is 38.0 Å². The highest BCUT2D eigenvalue weighted by atomic mass is 35.5. The minimum absolute atomic E-state index is 0. The molecule has 2 nitrogen and oxygen atoms in total. The summed E-state index contributed by atoms with van der Waals surface area (Å²) in [5, 5.41) is 3.15. The van der Waals surface area contributed by atoms with Gasteiger partial charge in [0.15, 0.2) is 0 Å². The molecule has 2 atom stereocenters. The Hall–Kier alpha value is 0.430. The molecule has 1 saturated carbocycles. The Morgan fingerprint density at radius 2 is 2.00 bits per heavy atom. The van der Waals surface area contributed by atoms with Gasteiger partial charge in [-0.05, 0) is 19.3 Å². The Kier molecular flexibility index (Phi) is 11.0. The van der Waals surface area contributed by atoms with Crippen molar-refractivity contribution in [3.05, 3.63) is 0 Å². The molecule has 0 heterocycles. The number of nitrogens with two attached hydrogens (primary N) is 1. The summed E-state index contributed by atoms with van der Waals surface area (Å²) in [5.41, 5.74) is 5.76. The second-order valence-electron chi connectivity index (χ2n) is 3.27. The summed E-state index contributed by atoms with van der Waals surface area (Å²) in [6.07, 6.45) is 4.49. The molecule has 5 heteroatoms. The molecule has 0 spiro atoms. The van der Waals surface area contributed by atoms with Gasteiger partial charge in [-0.3, -0.25) is 0 Å². The first-order valence-corrected chi connectivity index (χ1v) is 4.38. The fourth-order valence-corrected chi connectivity index (χ4v) is 1.67. The summed E-state index contributed by atoms with van der Waals surface area (Å²) in [6.45, 7) is 0.211. The number of hydrogen-bond donors (Lipinski definition) is 2. The van der Waals surface area contributed by atoms with Gasteiger partial charge in [0.1, 0.15) is 6.67 Å². The Labute approximate surface area is 91.6 Å². The van der Waals surface area contributed by atoms with Gasteiger partial charge in [-0.25, -0.2) is 4.39 Å². The average Bonchev–Trinajstić information content (AvgIpc) is 2.01. The van der Waals surface area contributed by atoms with Crippen molar-refractivity contribution in [1.29, 1.82) is 0 Å². The van der Waals surface area contributed by atoms with Gasteiger partial charge < -0.3 is 11.1 Å². The van der Waals surface area contributed by atoms with Crippen LogP contribution in [-0.2, 0) is 0 Å². The highest BCUT2D eigenvalue weighted by molar-refractivity contribution is 5.85. The van der Waals surface area contributed by atoms with Crippen molar-refractivity contribution < 1.29 is 4.39 Å². The zero-order valence-corrected chi connectivity index (χ0v) is 9.30. The fourth-order valence-electron chi connectivity index (χ4n) is 1.67. The lowest BCUT2D eigenvalue weighted by atomic mass is 9.92. The molecular formula is C8H19Cl2FN2. The quantitative estimate of drug-likeness (QED) is 0.778. The Morgan fingerprint density at radius 3 is 2.54 bits per heavy atom. The lowest BCUT2D eigenvalue weighted by molar-refractivity contribution is 0.327. The molecule has 0 aromatic carbocycles. The lowest BCUT2D eigenvalue weighted by Gasteiger charge is -2.26. The Bertz CT molecular complexity index is 116. The third-order valence-electron chi connectivity index (χ3n) is 2.24. The zero-order valence-electron chi connectivity index (χ0n) is 7.67. The largest absolute Gasteiger partial charge is 0.328 e. The first-order valence-electron chi connectivity index (χ1n) is 4.38. The third-order valence-corrected chi connectivity index (χ3v) is 2.24. The van der Waals surface area contributed by atoms with Crippen molar-refractivity contribution in [3.8, 4) is 0 Å². The normalized spacial score (nSPS) is 27.2. The number of hydrogen-bond acceptors (Lipinski definition) is 2. The van der Waals surface area contributed by atoms with E-state index >= 15 is 0 Å². The van der Waals surface area contributed by atoms with Crippen LogP contribution in [0.25, 0.3) is 0 Å². The Balaban J connectivity index is 0. The van der Waals surface area contributed by atoms with E-state index in [1.54, 1.807) is 0 Å². The van der Waals surface area contributed by atoms with Crippen LogP contribution in [0.3, 0.4) is 0 Å². The maximum absolute atomic E-state index is 11.8. The maximum Gasteiger partial charge on any atom is 0.102 e. The minimum Gasteiger partial charge on any atom is -0.328 e. The van der Waals surface area contributed by atoms with Crippen LogP contribution in [-0.4, -0.2) is 25.3 Å². The van der Waals surface area contributed by atoms with Gasteiger partial charge >= 0.3 is 0 Å². The monoisotopic (exact) mass is 232 g/mol. The molecule has 0 aliphatic heterocycles. The van der Waals surface area contributed by atoms with E-state index in [-0.39, 0.29) is 31.5 Å². The molecule has 82 valence electrons. The van der Waals surface area contributed by atoms with Crippen molar-refractivity contribution >= 4 is 24.8 Å². The zero-order chi connectivity index (χ0) is 8.10. The van der Waals surface area contributed by atoms with Crippen LogP contribution < -0.4 is 11.1 Å². The predicted octanol–water partition coefficient (Wildman–Crippen LogP) is 1.66. The van der Waals surface area contributed by atoms with Crippen molar-refractivity contribution in [1.82, 2.24) is 5.32 Å². The Morgan fingerprint density at radius 1 is 1.31 bits per heavy atom. The van der Waals surface area contributed by atoms with Crippen LogP contribution in [0.2, 0.25) is 0 Å². The van der Waals surface area contributed by atoms with Crippen LogP contribution >= 0.6 is 24.8 Å². The van der Waals surface area contributed by atoms with Gasteiger partial charge in [-0.1, -0.05) is 6.42 Å². The van der Waals surface area contributed by atoms with Crippen LogP contribution in [0, 0.1) is 0 Å². The second-order valence-corrected chi connectivity index (χ2v) is 3.27. The van der Waals surface area contributed by atoms with E-state index in [1.807, 2.05) is 0 Å². The highest BCUT2D eigenvalue weighted by Crippen LogP contribution is 2.16. The van der Waals surface area contributed by atoms with Gasteiger partial charge in [0.05, 0.1) is 0 Å². The van der Waals surface area contributed by atoms with Gasteiger partial charge in [0.25, 0.3) is 0 Å². The molecule has 1 aliphatic rings. The van der Waals surface area contributed by atoms with E-state index in [4.69, 9.17) is 5.73 Å². The molecule has 0 bridgehead atoms.